The normalized spacial score (nSPS) is 11.2. The number of hydrogen-bond acceptors (Lipinski definition) is 8. The molecule has 0 aliphatic carbocycles. The maximum absolute atomic E-state index is 13.3. The van der Waals surface area contributed by atoms with Crippen LogP contribution in [0, 0.1) is 12.3 Å². The first-order valence-electron chi connectivity index (χ1n) is 11.1. The number of aromatic nitrogens is 5. The number of rotatable bonds is 7. The summed E-state index contributed by atoms with van der Waals surface area (Å²) in [4.78, 5) is 31.2. The molecule has 1 aromatic carbocycles. The van der Waals surface area contributed by atoms with Crippen molar-refractivity contribution in [3.05, 3.63) is 98.9 Å². The highest BCUT2D eigenvalue weighted by Gasteiger charge is 2.19. The number of amides is 1. The largest absolute Gasteiger partial charge is 0.306 e. The van der Waals surface area contributed by atoms with Gasteiger partial charge in [0.2, 0.25) is 5.13 Å². The highest BCUT2D eigenvalue weighted by molar-refractivity contribution is 8.00. The Bertz CT molecular complexity index is 1810. The number of thioether (sulfide) groups is 1. The maximum Gasteiger partial charge on any atom is 0.267 e. The van der Waals surface area contributed by atoms with Crippen molar-refractivity contribution in [2.75, 3.05) is 5.32 Å². The summed E-state index contributed by atoms with van der Waals surface area (Å²) >= 11 is 8.89. The Morgan fingerprint density at radius 1 is 1.24 bits per heavy atom. The highest BCUT2D eigenvalue weighted by Crippen LogP contribution is 2.30. The molecule has 9 nitrogen and oxygen atoms in total. The predicted molar refractivity (Wildman–Crippen MR) is 147 cm³/mol. The molecule has 0 atom stereocenters. The SMILES string of the molecule is C=CCn1c(=N)c(C(=O)Nc2nnc(SCc3ccccc3Cl)s2)cc2c(=O)n3cccc(C)c3nc21. The van der Waals surface area contributed by atoms with Crippen LogP contribution in [0.3, 0.4) is 0 Å². The second kappa shape index (κ2) is 10.3. The third kappa shape index (κ3) is 4.80. The standard InChI is InChI=1S/C25H20ClN7O2S2/c1-3-10-32-19(27)16(12-17-21(32)28-20-14(2)7-6-11-33(20)23(17)35)22(34)29-24-30-31-25(37-24)36-13-15-8-4-5-9-18(15)26/h3-9,11-12,27H,1,10,13H2,2H3,(H,29,30,34). The second-order valence-corrected chi connectivity index (χ2v) is 10.7. The number of halogens is 1. The topological polar surface area (TPSA) is 118 Å². The fourth-order valence-electron chi connectivity index (χ4n) is 3.81. The van der Waals surface area contributed by atoms with E-state index < -0.39 is 5.91 Å². The van der Waals surface area contributed by atoms with Crippen molar-refractivity contribution >= 4 is 62.4 Å². The number of pyridine rings is 2. The summed E-state index contributed by atoms with van der Waals surface area (Å²) in [6.07, 6.45) is 3.22. The number of carbonyl (C=O) groups excluding carboxylic acids is 1. The molecule has 0 fully saturated rings. The van der Waals surface area contributed by atoms with E-state index in [2.05, 4.69) is 27.1 Å². The van der Waals surface area contributed by atoms with Crippen LogP contribution in [0.2, 0.25) is 5.02 Å². The molecule has 5 aromatic rings. The Kier molecular flexibility index (Phi) is 6.92. The minimum absolute atomic E-state index is 0.0151. The van der Waals surface area contributed by atoms with Crippen LogP contribution < -0.4 is 16.4 Å². The van der Waals surface area contributed by atoms with Gasteiger partial charge in [-0.15, -0.1) is 16.8 Å². The van der Waals surface area contributed by atoms with Crippen molar-refractivity contribution in [3.8, 4) is 0 Å². The molecule has 5 rings (SSSR count). The monoisotopic (exact) mass is 549 g/mol. The Hall–Kier alpha value is -3.80. The van der Waals surface area contributed by atoms with Gasteiger partial charge in [-0.25, -0.2) is 4.98 Å². The molecule has 37 heavy (non-hydrogen) atoms. The van der Waals surface area contributed by atoms with Crippen LogP contribution in [0.4, 0.5) is 5.13 Å². The molecule has 2 N–H and O–H groups in total. The summed E-state index contributed by atoms with van der Waals surface area (Å²) < 4.78 is 3.59. The Morgan fingerprint density at radius 2 is 2.05 bits per heavy atom. The highest BCUT2D eigenvalue weighted by atomic mass is 35.5. The zero-order valence-electron chi connectivity index (χ0n) is 19.6. The lowest BCUT2D eigenvalue weighted by atomic mass is 10.2. The predicted octanol–water partition coefficient (Wildman–Crippen LogP) is 4.67. The molecule has 186 valence electrons. The molecular weight excluding hydrogens is 530 g/mol. The lowest BCUT2D eigenvalue weighted by Gasteiger charge is -2.13. The number of carbonyl (C=O) groups is 1. The van der Waals surface area contributed by atoms with Gasteiger partial charge < -0.3 is 4.57 Å². The molecule has 0 radical (unpaired) electrons. The molecule has 4 aromatic heterocycles. The zero-order chi connectivity index (χ0) is 26.1. The van der Waals surface area contributed by atoms with Crippen LogP contribution in [0.1, 0.15) is 21.5 Å². The molecular formula is C25H20ClN7O2S2. The van der Waals surface area contributed by atoms with Crippen LogP contribution in [0.25, 0.3) is 16.7 Å². The quantitative estimate of drug-likeness (QED) is 0.132. The first-order valence-corrected chi connectivity index (χ1v) is 13.3. The fourth-order valence-corrected chi connectivity index (χ4v) is 5.85. The van der Waals surface area contributed by atoms with Crippen LogP contribution >= 0.6 is 34.7 Å². The van der Waals surface area contributed by atoms with Crippen molar-refractivity contribution < 1.29 is 4.79 Å². The number of aryl methyl sites for hydroxylation is 1. The van der Waals surface area contributed by atoms with E-state index in [4.69, 9.17) is 17.0 Å². The molecule has 12 heteroatoms. The molecule has 0 saturated carbocycles. The number of allylic oxidation sites excluding steroid dienone is 1. The average molecular weight is 550 g/mol. The van der Waals surface area contributed by atoms with Gasteiger partial charge in [-0.1, -0.05) is 65.0 Å². The molecule has 0 aliphatic heterocycles. The van der Waals surface area contributed by atoms with Gasteiger partial charge in [0.05, 0.1) is 10.9 Å². The summed E-state index contributed by atoms with van der Waals surface area (Å²) in [6, 6.07) is 12.6. The Morgan fingerprint density at radius 3 is 2.84 bits per heavy atom. The number of hydrogen-bond donors (Lipinski definition) is 2. The summed E-state index contributed by atoms with van der Waals surface area (Å²) in [5.74, 6) is 0.0349. The van der Waals surface area contributed by atoms with Crippen LogP contribution in [-0.2, 0) is 12.3 Å². The lowest BCUT2D eigenvalue weighted by Crippen LogP contribution is -2.32. The van der Waals surface area contributed by atoms with Gasteiger partial charge in [0.15, 0.2) is 4.34 Å². The maximum atomic E-state index is 13.3. The van der Waals surface area contributed by atoms with Crippen molar-refractivity contribution in [1.29, 1.82) is 5.41 Å². The third-order valence-corrected chi connectivity index (χ3v) is 8.02. The van der Waals surface area contributed by atoms with Gasteiger partial charge in [0.25, 0.3) is 11.5 Å². The summed E-state index contributed by atoms with van der Waals surface area (Å²) in [7, 11) is 0. The smallest absolute Gasteiger partial charge is 0.267 e. The van der Waals surface area contributed by atoms with Gasteiger partial charge in [-0.2, -0.15) is 0 Å². The van der Waals surface area contributed by atoms with E-state index in [1.54, 1.807) is 18.3 Å². The van der Waals surface area contributed by atoms with Crippen molar-refractivity contribution in [2.24, 2.45) is 0 Å². The first kappa shape index (κ1) is 24.9. The molecule has 1 amide bonds. The summed E-state index contributed by atoms with van der Waals surface area (Å²) in [5.41, 5.74) is 2.19. The Balaban J connectivity index is 1.48. The van der Waals surface area contributed by atoms with Crippen LogP contribution in [0.5, 0.6) is 0 Å². The average Bonchev–Trinajstić information content (AvgIpc) is 3.33. The second-order valence-electron chi connectivity index (χ2n) is 8.05. The van der Waals surface area contributed by atoms with E-state index in [0.29, 0.717) is 26.4 Å². The molecule has 0 saturated heterocycles. The third-order valence-electron chi connectivity index (χ3n) is 5.63. The zero-order valence-corrected chi connectivity index (χ0v) is 22.0. The fraction of sp³-hybridized carbons (Fsp3) is 0.120. The number of fused-ring (bicyclic) bond motifs is 2. The van der Waals surface area contributed by atoms with Crippen LogP contribution in [0.15, 0.2) is 70.5 Å². The number of benzene rings is 1. The van der Waals surface area contributed by atoms with E-state index in [9.17, 15) is 9.59 Å². The van der Waals surface area contributed by atoms with Gasteiger partial charge in [0, 0.05) is 23.5 Å². The Labute approximate surface area is 224 Å². The van der Waals surface area contributed by atoms with E-state index in [1.165, 1.54) is 38.1 Å². The van der Waals surface area contributed by atoms with E-state index in [-0.39, 0.29) is 33.7 Å². The van der Waals surface area contributed by atoms with Gasteiger partial charge in [-0.05, 0) is 36.2 Å². The van der Waals surface area contributed by atoms with E-state index in [0.717, 1.165) is 11.1 Å². The van der Waals surface area contributed by atoms with Gasteiger partial charge in [-0.3, -0.25) is 24.7 Å². The van der Waals surface area contributed by atoms with Crippen molar-refractivity contribution in [2.45, 2.75) is 23.6 Å². The molecule has 4 heterocycles. The number of nitrogens with one attached hydrogen (secondary N) is 2. The van der Waals surface area contributed by atoms with Gasteiger partial charge in [0.1, 0.15) is 16.8 Å². The molecule has 0 aliphatic rings. The van der Waals surface area contributed by atoms with Gasteiger partial charge >= 0.3 is 0 Å². The molecule has 0 unspecified atom stereocenters. The lowest BCUT2D eigenvalue weighted by molar-refractivity contribution is 0.102. The van der Waals surface area contributed by atoms with E-state index in [1.807, 2.05) is 37.3 Å². The molecule has 0 bridgehead atoms. The van der Waals surface area contributed by atoms with E-state index >= 15 is 0 Å². The first-order chi connectivity index (χ1) is 17.9. The summed E-state index contributed by atoms with van der Waals surface area (Å²) in [5, 5.41) is 20.8. The number of nitrogens with zero attached hydrogens (tertiary/aromatic N) is 5. The minimum atomic E-state index is -0.572. The minimum Gasteiger partial charge on any atom is -0.306 e. The number of anilines is 1. The van der Waals surface area contributed by atoms with Crippen molar-refractivity contribution in [1.82, 2.24) is 24.1 Å². The van der Waals surface area contributed by atoms with Crippen LogP contribution in [-0.4, -0.2) is 30.1 Å². The summed E-state index contributed by atoms with van der Waals surface area (Å²) in [6.45, 7) is 5.81. The van der Waals surface area contributed by atoms with Crippen molar-refractivity contribution in [3.63, 3.8) is 0 Å². The molecule has 0 spiro atoms.